The second-order valence-electron chi connectivity index (χ2n) is 9.23. The topological polar surface area (TPSA) is 147 Å². The van der Waals surface area contributed by atoms with Crippen LogP contribution in [0, 0.1) is 0 Å². The van der Waals surface area contributed by atoms with Crippen molar-refractivity contribution in [2.45, 2.75) is 19.9 Å². The molecule has 2 aromatic carbocycles. The molecule has 4 aromatic heterocycles. The van der Waals surface area contributed by atoms with Gasteiger partial charge in [-0.1, -0.05) is 60.6 Å². The van der Waals surface area contributed by atoms with Crippen molar-refractivity contribution in [1.82, 2.24) is 29.2 Å². The third kappa shape index (κ3) is 4.79. The molecule has 0 saturated carbocycles. The zero-order valence-corrected chi connectivity index (χ0v) is 23.6. The Balaban J connectivity index is 1.45. The van der Waals surface area contributed by atoms with Gasteiger partial charge >= 0.3 is 11.4 Å². The van der Waals surface area contributed by atoms with Crippen molar-refractivity contribution < 1.29 is 14.0 Å². The number of thiophene rings is 1. The third-order valence-electron chi connectivity index (χ3n) is 6.73. The maximum Gasteiger partial charge on any atom is 0.439 e. The van der Waals surface area contributed by atoms with Gasteiger partial charge < -0.3 is 9.47 Å². The Morgan fingerprint density at radius 1 is 0.929 bits per heavy atom. The summed E-state index contributed by atoms with van der Waals surface area (Å²) in [4.78, 5) is 51.7. The van der Waals surface area contributed by atoms with Gasteiger partial charge in [-0.2, -0.15) is 14.5 Å². The van der Waals surface area contributed by atoms with Crippen LogP contribution >= 0.6 is 11.3 Å². The lowest BCUT2D eigenvalue weighted by Crippen LogP contribution is -2.39. The third-order valence-corrected chi connectivity index (χ3v) is 8.03. The molecule has 12 nitrogen and oxygen atoms in total. The van der Waals surface area contributed by atoms with Gasteiger partial charge in [-0.05, 0) is 29.2 Å². The highest BCUT2D eigenvalue weighted by Gasteiger charge is 2.21. The summed E-state index contributed by atoms with van der Waals surface area (Å²) in [5.41, 5.74) is 2.15. The minimum Gasteiger partial charge on any atom is -0.481 e. The van der Waals surface area contributed by atoms with Gasteiger partial charge in [0.2, 0.25) is 17.7 Å². The van der Waals surface area contributed by atoms with Crippen LogP contribution < -0.4 is 26.5 Å². The normalized spacial score (nSPS) is 11.2. The lowest BCUT2D eigenvalue weighted by molar-refractivity contribution is 0.370. The number of H-pyrrole nitrogens is 1. The average molecular weight is 585 g/mol. The lowest BCUT2D eigenvalue weighted by Gasteiger charge is -2.13. The van der Waals surface area contributed by atoms with Crippen LogP contribution in [0.3, 0.4) is 0 Å². The molecule has 1 N–H and O–H groups in total. The molecule has 6 rings (SSSR count). The number of aromatic nitrogens is 6. The Morgan fingerprint density at radius 2 is 1.62 bits per heavy atom. The number of nitrogens with zero attached hydrogens (tertiary/aromatic N) is 5. The minimum absolute atomic E-state index is 0.140. The smallest absolute Gasteiger partial charge is 0.439 e. The highest BCUT2D eigenvalue weighted by Crippen LogP contribution is 2.30. The molecule has 4 heterocycles. The molecular formula is C29H24N6O6S. The summed E-state index contributed by atoms with van der Waals surface area (Å²) < 4.78 is 17.7. The largest absolute Gasteiger partial charge is 0.481 e. The zero-order valence-electron chi connectivity index (χ0n) is 22.8. The van der Waals surface area contributed by atoms with Crippen LogP contribution in [0.1, 0.15) is 17.4 Å². The quantitative estimate of drug-likeness (QED) is 0.283. The van der Waals surface area contributed by atoms with Crippen molar-refractivity contribution in [3.63, 3.8) is 0 Å². The molecular weight excluding hydrogens is 560 g/mol. The molecule has 0 spiro atoms. The Morgan fingerprint density at radius 3 is 2.24 bits per heavy atom. The van der Waals surface area contributed by atoms with Crippen molar-refractivity contribution in [2.24, 2.45) is 0 Å². The number of hydrogen-bond donors (Lipinski definition) is 1. The Bertz CT molecular complexity index is 2080. The number of ether oxygens (including phenoxy) is 2. The van der Waals surface area contributed by atoms with Crippen LogP contribution in [0.4, 0.5) is 0 Å². The molecule has 0 atom stereocenters. The highest BCUT2D eigenvalue weighted by atomic mass is 32.1. The summed E-state index contributed by atoms with van der Waals surface area (Å²) in [7, 11) is 2.85. The van der Waals surface area contributed by atoms with E-state index >= 15 is 0 Å². The molecule has 0 aliphatic carbocycles. The van der Waals surface area contributed by atoms with Crippen LogP contribution in [0.15, 0.2) is 79.6 Å². The van der Waals surface area contributed by atoms with Crippen molar-refractivity contribution >= 4 is 21.6 Å². The van der Waals surface area contributed by atoms with Gasteiger partial charge in [0.25, 0.3) is 5.56 Å². The summed E-state index contributed by atoms with van der Waals surface area (Å²) in [5.74, 6) is -0.138. The average Bonchev–Trinajstić information content (AvgIpc) is 3.66. The van der Waals surface area contributed by atoms with E-state index in [1.807, 2.05) is 55.5 Å². The number of benzene rings is 2. The van der Waals surface area contributed by atoms with Gasteiger partial charge in [-0.15, -0.1) is 11.3 Å². The van der Waals surface area contributed by atoms with E-state index < -0.39 is 17.0 Å². The van der Waals surface area contributed by atoms with Crippen molar-refractivity contribution in [1.29, 1.82) is 0 Å². The van der Waals surface area contributed by atoms with Crippen molar-refractivity contribution in [3.8, 4) is 40.2 Å². The summed E-state index contributed by atoms with van der Waals surface area (Å²) >= 11 is 1.41. The van der Waals surface area contributed by atoms with E-state index in [2.05, 4.69) is 24.6 Å². The van der Waals surface area contributed by atoms with Gasteiger partial charge in [0.15, 0.2) is 5.82 Å². The number of fused-ring (bicyclic) bond motifs is 1. The number of nitrogens with one attached hydrogen (secondary N) is 1. The molecule has 42 heavy (non-hydrogen) atoms. The van der Waals surface area contributed by atoms with Gasteiger partial charge in [0, 0.05) is 10.4 Å². The summed E-state index contributed by atoms with van der Waals surface area (Å²) in [6.45, 7) is 2.19. The fourth-order valence-electron chi connectivity index (χ4n) is 4.65. The van der Waals surface area contributed by atoms with E-state index in [0.29, 0.717) is 28.0 Å². The van der Waals surface area contributed by atoms with E-state index in [1.54, 1.807) is 10.6 Å². The molecule has 0 fully saturated rings. The van der Waals surface area contributed by atoms with E-state index in [9.17, 15) is 14.4 Å². The fraction of sp³-hybridized carbons (Fsp3) is 0.172. The fourth-order valence-corrected chi connectivity index (χ4v) is 5.73. The van der Waals surface area contributed by atoms with Crippen LogP contribution in [-0.2, 0) is 13.0 Å². The summed E-state index contributed by atoms with van der Waals surface area (Å²) in [5, 5.41) is 4.22. The predicted molar refractivity (Wildman–Crippen MR) is 157 cm³/mol. The first kappa shape index (κ1) is 26.9. The monoisotopic (exact) mass is 584 g/mol. The highest BCUT2D eigenvalue weighted by molar-refractivity contribution is 7.18. The van der Waals surface area contributed by atoms with Crippen LogP contribution in [0.25, 0.3) is 38.7 Å². The molecule has 6 aromatic rings. The Labute approximate surface area is 241 Å². The van der Waals surface area contributed by atoms with Crippen LogP contribution in [-0.4, -0.2) is 43.5 Å². The molecule has 0 amide bonds. The molecule has 0 aliphatic heterocycles. The number of rotatable bonds is 8. The molecule has 212 valence electrons. The second kappa shape index (κ2) is 10.9. The molecule has 0 aliphatic rings. The Kier molecular flexibility index (Phi) is 7.00. The lowest BCUT2D eigenvalue weighted by atomic mass is 9.98. The van der Waals surface area contributed by atoms with E-state index in [1.165, 1.54) is 31.6 Å². The van der Waals surface area contributed by atoms with E-state index in [-0.39, 0.29) is 24.3 Å². The zero-order chi connectivity index (χ0) is 29.4. The molecule has 0 saturated heterocycles. The number of aryl methyl sites for hydroxylation is 1. The Hall–Kier alpha value is -5.30. The van der Waals surface area contributed by atoms with Gasteiger partial charge in [0.1, 0.15) is 4.83 Å². The van der Waals surface area contributed by atoms with E-state index in [0.717, 1.165) is 26.1 Å². The van der Waals surface area contributed by atoms with Crippen molar-refractivity contribution in [3.05, 3.63) is 102 Å². The number of aromatic amines is 1. The second-order valence-corrected chi connectivity index (χ2v) is 10.3. The summed E-state index contributed by atoms with van der Waals surface area (Å²) in [6, 6.07) is 18.4. The molecule has 0 radical (unpaired) electrons. The number of methoxy groups -OCH3 is 2. The standard InChI is InChI=1S/C29H24N6O6S/c1-4-18-13-21-25(36)35(27-30-22(39-2)14-23(31-27)40-3)29(38)34(26(21)42-18)15-16-9-11-17(12-10-16)19-7-5-6-8-20(19)24-32-28(37)41-33-24/h5-14H,4,15H2,1-3H3,(H,32,33,37). The van der Waals surface area contributed by atoms with Crippen molar-refractivity contribution in [2.75, 3.05) is 14.2 Å². The minimum atomic E-state index is -0.633. The SMILES string of the molecule is CCc1cc2c(=O)n(-c3nc(OC)cc(OC)n3)c(=O)n(Cc3ccc(-c4ccccc4-c4noc(=O)[nH]4)cc3)c2s1. The first-order chi connectivity index (χ1) is 20.4. The van der Waals surface area contributed by atoms with Gasteiger partial charge in [-0.25, -0.2) is 9.59 Å². The first-order valence-corrected chi connectivity index (χ1v) is 13.7. The maximum atomic E-state index is 13.9. The molecule has 0 bridgehead atoms. The predicted octanol–water partition coefficient (Wildman–Crippen LogP) is 3.64. The number of hydrogen-bond acceptors (Lipinski definition) is 10. The van der Waals surface area contributed by atoms with Gasteiger partial charge in [-0.3, -0.25) is 18.9 Å². The molecule has 13 heteroatoms. The van der Waals surface area contributed by atoms with Gasteiger partial charge in [0.05, 0.1) is 32.2 Å². The maximum absolute atomic E-state index is 13.9. The van der Waals surface area contributed by atoms with Crippen LogP contribution in [0.2, 0.25) is 0 Å². The van der Waals surface area contributed by atoms with E-state index in [4.69, 9.17) is 9.47 Å². The van der Waals surface area contributed by atoms with Crippen LogP contribution in [0.5, 0.6) is 11.8 Å². The first-order valence-electron chi connectivity index (χ1n) is 12.9. The molecule has 0 unspecified atom stereocenters. The summed E-state index contributed by atoms with van der Waals surface area (Å²) in [6.07, 6.45) is 0.710.